The van der Waals surface area contributed by atoms with E-state index in [0.29, 0.717) is 41.5 Å². The Balaban J connectivity index is 1.42. The van der Waals surface area contributed by atoms with Crippen molar-refractivity contribution in [3.8, 4) is 0 Å². The molecule has 0 atom stereocenters. The number of H-pyrrole nitrogens is 1. The highest BCUT2D eigenvalue weighted by atomic mass is 19.1. The van der Waals surface area contributed by atoms with Crippen molar-refractivity contribution in [1.29, 1.82) is 0 Å². The Kier molecular flexibility index (Phi) is 5.48. The molecule has 0 aliphatic carbocycles. The molecule has 2 heterocycles. The zero-order valence-corrected chi connectivity index (χ0v) is 16.7. The quantitative estimate of drug-likeness (QED) is 0.697. The molecule has 1 amide bonds. The summed E-state index contributed by atoms with van der Waals surface area (Å²) >= 11 is 0. The Hall–Kier alpha value is -3.28. The Morgan fingerprint density at radius 2 is 1.83 bits per heavy atom. The monoisotopic (exact) mass is 408 g/mol. The van der Waals surface area contributed by atoms with E-state index < -0.39 is 5.82 Å². The van der Waals surface area contributed by atoms with Crippen LogP contribution in [0.3, 0.4) is 0 Å². The molecule has 0 radical (unpaired) electrons. The highest BCUT2D eigenvalue weighted by Crippen LogP contribution is 2.23. The fourth-order valence-electron chi connectivity index (χ4n) is 3.91. The van der Waals surface area contributed by atoms with Crippen LogP contribution < -0.4 is 5.56 Å². The predicted molar refractivity (Wildman–Crippen MR) is 113 cm³/mol. The van der Waals surface area contributed by atoms with Crippen molar-refractivity contribution in [1.82, 2.24) is 9.88 Å². The van der Waals surface area contributed by atoms with Gasteiger partial charge >= 0.3 is 0 Å². The van der Waals surface area contributed by atoms with Crippen LogP contribution >= 0.6 is 0 Å². The Labute approximate surface area is 172 Å². The molecule has 0 spiro atoms. The first-order valence-corrected chi connectivity index (χ1v) is 9.95. The standard InChI is InChI=1S/C24H22F2N2O2/c1-15-12-19(26)13-22-21(15)14-20(27-24(22)30)6-7-23(29)28-10-8-17(9-11-28)16-2-4-18(25)5-3-16/h2-5,8,12-14H,6-7,9-11H2,1H3,(H,27,30). The van der Waals surface area contributed by atoms with Gasteiger partial charge in [0.25, 0.3) is 5.56 Å². The maximum Gasteiger partial charge on any atom is 0.256 e. The number of carbonyl (C=O) groups excluding carboxylic acids is 1. The van der Waals surface area contributed by atoms with Gasteiger partial charge in [-0.05, 0) is 72.2 Å². The third-order valence-corrected chi connectivity index (χ3v) is 5.57. The molecule has 30 heavy (non-hydrogen) atoms. The van der Waals surface area contributed by atoms with E-state index in [0.717, 1.165) is 17.6 Å². The molecular weight excluding hydrogens is 386 g/mol. The smallest absolute Gasteiger partial charge is 0.256 e. The van der Waals surface area contributed by atoms with Crippen molar-refractivity contribution in [2.45, 2.75) is 26.2 Å². The number of carbonyl (C=O) groups is 1. The minimum atomic E-state index is -0.438. The van der Waals surface area contributed by atoms with Gasteiger partial charge in [0.05, 0.1) is 5.39 Å². The average molecular weight is 408 g/mol. The first-order valence-electron chi connectivity index (χ1n) is 9.95. The second-order valence-electron chi connectivity index (χ2n) is 7.63. The molecule has 4 nitrogen and oxygen atoms in total. The van der Waals surface area contributed by atoms with Crippen molar-refractivity contribution < 1.29 is 13.6 Å². The SMILES string of the molecule is Cc1cc(F)cc2c(=O)[nH]c(CCC(=O)N3CC=C(c4ccc(F)cc4)CC3)cc12. The third-order valence-electron chi connectivity index (χ3n) is 5.57. The lowest BCUT2D eigenvalue weighted by Crippen LogP contribution is -2.34. The van der Waals surface area contributed by atoms with Crippen LogP contribution in [0, 0.1) is 18.6 Å². The largest absolute Gasteiger partial charge is 0.339 e. The topological polar surface area (TPSA) is 53.2 Å². The van der Waals surface area contributed by atoms with Crippen LogP contribution in [0.2, 0.25) is 0 Å². The van der Waals surface area contributed by atoms with Gasteiger partial charge in [-0.3, -0.25) is 9.59 Å². The predicted octanol–water partition coefficient (Wildman–Crippen LogP) is 4.36. The summed E-state index contributed by atoms with van der Waals surface area (Å²) in [5.41, 5.74) is 3.10. The zero-order chi connectivity index (χ0) is 21.3. The van der Waals surface area contributed by atoms with Gasteiger partial charge in [0.15, 0.2) is 0 Å². The maximum absolute atomic E-state index is 13.6. The Morgan fingerprint density at radius 3 is 2.53 bits per heavy atom. The summed E-state index contributed by atoms with van der Waals surface area (Å²) in [6.07, 6.45) is 3.41. The average Bonchev–Trinajstić information content (AvgIpc) is 2.73. The Bertz CT molecular complexity index is 1200. The normalized spacial score (nSPS) is 14.1. The summed E-state index contributed by atoms with van der Waals surface area (Å²) in [6.45, 7) is 2.88. The highest BCUT2D eigenvalue weighted by Gasteiger charge is 2.18. The van der Waals surface area contributed by atoms with Crippen LogP contribution in [0.4, 0.5) is 8.78 Å². The summed E-state index contributed by atoms with van der Waals surface area (Å²) in [4.78, 5) is 29.5. The minimum absolute atomic E-state index is 0.0150. The minimum Gasteiger partial charge on any atom is -0.339 e. The van der Waals surface area contributed by atoms with Crippen molar-refractivity contribution in [3.63, 3.8) is 0 Å². The van der Waals surface area contributed by atoms with Crippen molar-refractivity contribution >= 4 is 22.3 Å². The number of rotatable bonds is 4. The summed E-state index contributed by atoms with van der Waals surface area (Å²) in [7, 11) is 0. The first-order chi connectivity index (χ1) is 14.4. The summed E-state index contributed by atoms with van der Waals surface area (Å²) < 4.78 is 26.7. The molecule has 6 heteroatoms. The second-order valence-corrected chi connectivity index (χ2v) is 7.63. The van der Waals surface area contributed by atoms with Gasteiger partial charge in [0.1, 0.15) is 11.6 Å². The molecule has 4 rings (SSSR count). The number of hydrogen-bond donors (Lipinski definition) is 1. The third kappa shape index (κ3) is 4.17. The van der Waals surface area contributed by atoms with Crippen LogP contribution in [0.1, 0.15) is 29.7 Å². The van der Waals surface area contributed by atoms with Crippen LogP contribution in [0.15, 0.2) is 53.3 Å². The number of halogens is 2. The highest BCUT2D eigenvalue weighted by molar-refractivity contribution is 5.85. The lowest BCUT2D eigenvalue weighted by Gasteiger charge is -2.27. The number of benzene rings is 2. The zero-order valence-electron chi connectivity index (χ0n) is 16.7. The summed E-state index contributed by atoms with van der Waals surface area (Å²) in [6, 6.07) is 10.8. The lowest BCUT2D eigenvalue weighted by atomic mass is 9.99. The molecule has 1 N–H and O–H groups in total. The number of amides is 1. The first kappa shape index (κ1) is 20.0. The van der Waals surface area contributed by atoms with E-state index in [1.165, 1.54) is 24.3 Å². The molecule has 3 aromatic rings. The van der Waals surface area contributed by atoms with E-state index in [1.54, 1.807) is 24.0 Å². The molecule has 1 aliphatic heterocycles. The number of pyridine rings is 1. The molecule has 0 unspecified atom stereocenters. The van der Waals surface area contributed by atoms with Crippen molar-refractivity contribution in [2.75, 3.05) is 13.1 Å². The van der Waals surface area contributed by atoms with Crippen LogP contribution in [-0.2, 0) is 11.2 Å². The van der Waals surface area contributed by atoms with E-state index >= 15 is 0 Å². The molecule has 0 bridgehead atoms. The molecule has 0 fully saturated rings. The van der Waals surface area contributed by atoms with Crippen LogP contribution in [0.5, 0.6) is 0 Å². The van der Waals surface area contributed by atoms with Gasteiger partial charge in [0.2, 0.25) is 5.91 Å². The van der Waals surface area contributed by atoms with E-state index in [1.807, 2.05) is 12.1 Å². The molecule has 0 saturated heterocycles. The molecule has 1 aliphatic rings. The van der Waals surface area contributed by atoms with Gasteiger partial charge in [0, 0.05) is 25.2 Å². The Morgan fingerprint density at radius 1 is 1.07 bits per heavy atom. The number of aryl methyl sites for hydroxylation is 2. The fourth-order valence-corrected chi connectivity index (χ4v) is 3.91. The van der Waals surface area contributed by atoms with Gasteiger partial charge in [-0.15, -0.1) is 0 Å². The van der Waals surface area contributed by atoms with Crippen molar-refractivity contribution in [2.24, 2.45) is 0 Å². The molecular formula is C24H22F2N2O2. The van der Waals surface area contributed by atoms with E-state index in [4.69, 9.17) is 0 Å². The van der Waals surface area contributed by atoms with Crippen LogP contribution in [-0.4, -0.2) is 28.9 Å². The number of aromatic amines is 1. The number of nitrogens with zero attached hydrogens (tertiary/aromatic N) is 1. The number of hydrogen-bond acceptors (Lipinski definition) is 2. The number of fused-ring (bicyclic) bond motifs is 1. The maximum atomic E-state index is 13.6. The molecule has 154 valence electrons. The van der Waals surface area contributed by atoms with Crippen molar-refractivity contribution in [3.05, 3.63) is 87.3 Å². The second kappa shape index (κ2) is 8.22. The summed E-state index contributed by atoms with van der Waals surface area (Å²) in [5.74, 6) is -0.688. The van der Waals surface area contributed by atoms with Gasteiger partial charge in [-0.25, -0.2) is 8.78 Å². The van der Waals surface area contributed by atoms with Gasteiger partial charge < -0.3 is 9.88 Å². The molecule has 1 aromatic heterocycles. The van der Waals surface area contributed by atoms with E-state index in [9.17, 15) is 18.4 Å². The van der Waals surface area contributed by atoms with Gasteiger partial charge in [-0.2, -0.15) is 0 Å². The van der Waals surface area contributed by atoms with Crippen LogP contribution in [0.25, 0.3) is 16.3 Å². The number of nitrogens with one attached hydrogen (secondary N) is 1. The molecule has 2 aromatic carbocycles. The summed E-state index contributed by atoms with van der Waals surface area (Å²) in [5, 5.41) is 1.02. The fraction of sp³-hybridized carbons (Fsp3) is 0.250. The van der Waals surface area contributed by atoms with E-state index in [-0.39, 0.29) is 23.7 Å². The van der Waals surface area contributed by atoms with E-state index in [2.05, 4.69) is 4.98 Å². The number of aromatic nitrogens is 1. The lowest BCUT2D eigenvalue weighted by molar-refractivity contribution is -0.130. The molecule has 0 saturated carbocycles. The van der Waals surface area contributed by atoms with Gasteiger partial charge in [-0.1, -0.05) is 18.2 Å².